The lowest BCUT2D eigenvalue weighted by Gasteiger charge is -2.02. The Balaban J connectivity index is 2.56. The van der Waals surface area contributed by atoms with Crippen molar-refractivity contribution in [1.82, 2.24) is 9.55 Å². The van der Waals surface area contributed by atoms with E-state index in [0.717, 1.165) is 0 Å². The molecule has 1 heterocycles. The van der Waals surface area contributed by atoms with Crippen LogP contribution in [0.25, 0.3) is 11.4 Å². The van der Waals surface area contributed by atoms with Crippen LogP contribution in [0.5, 0.6) is 5.75 Å². The Morgan fingerprint density at radius 1 is 1.50 bits per heavy atom. The van der Waals surface area contributed by atoms with Crippen LogP contribution in [0, 0.1) is 10.1 Å². The van der Waals surface area contributed by atoms with Gasteiger partial charge >= 0.3 is 5.69 Å². The Morgan fingerprint density at radius 2 is 2.25 bits per heavy atom. The standard InChI is InChI=1S/C10H9N3O3/c1-12-5-4-11-10(12)7-2-3-9(14)8(6-7)13(15)16/h2-6,14H,1H3. The molecule has 0 radical (unpaired) electrons. The molecule has 0 saturated heterocycles. The van der Waals surface area contributed by atoms with Crippen molar-refractivity contribution < 1.29 is 10.0 Å². The van der Waals surface area contributed by atoms with Gasteiger partial charge in [0.05, 0.1) is 4.92 Å². The minimum Gasteiger partial charge on any atom is -0.502 e. The fourth-order valence-electron chi connectivity index (χ4n) is 1.45. The van der Waals surface area contributed by atoms with Crippen molar-refractivity contribution in [3.8, 4) is 17.1 Å². The highest BCUT2D eigenvalue weighted by Gasteiger charge is 2.15. The first-order chi connectivity index (χ1) is 7.59. The third-order valence-electron chi connectivity index (χ3n) is 2.25. The van der Waals surface area contributed by atoms with E-state index in [1.807, 2.05) is 0 Å². The molecular weight excluding hydrogens is 210 g/mol. The molecule has 1 N–H and O–H groups in total. The summed E-state index contributed by atoms with van der Waals surface area (Å²) in [6.07, 6.45) is 3.35. The summed E-state index contributed by atoms with van der Waals surface area (Å²) in [5.74, 6) is 0.269. The minimum absolute atomic E-state index is 0.319. The SMILES string of the molecule is Cn1ccnc1-c1ccc(O)c([N+](=O)[O-])c1. The molecule has 0 amide bonds. The average Bonchev–Trinajstić information content (AvgIpc) is 2.65. The van der Waals surface area contributed by atoms with Crippen molar-refractivity contribution in [3.63, 3.8) is 0 Å². The minimum atomic E-state index is -0.623. The van der Waals surface area contributed by atoms with Crippen LogP contribution >= 0.6 is 0 Å². The zero-order chi connectivity index (χ0) is 11.7. The number of hydrogen-bond acceptors (Lipinski definition) is 4. The monoisotopic (exact) mass is 219 g/mol. The zero-order valence-electron chi connectivity index (χ0n) is 8.49. The molecule has 0 unspecified atom stereocenters. The van der Waals surface area contributed by atoms with E-state index in [4.69, 9.17) is 0 Å². The van der Waals surface area contributed by atoms with Crippen LogP contribution in [-0.2, 0) is 7.05 Å². The summed E-state index contributed by atoms with van der Waals surface area (Å²) >= 11 is 0. The first-order valence-corrected chi connectivity index (χ1v) is 4.54. The molecule has 0 saturated carbocycles. The van der Waals surface area contributed by atoms with E-state index in [9.17, 15) is 15.2 Å². The van der Waals surface area contributed by atoms with Gasteiger partial charge in [-0.3, -0.25) is 10.1 Å². The van der Waals surface area contributed by atoms with E-state index >= 15 is 0 Å². The Morgan fingerprint density at radius 3 is 2.81 bits per heavy atom. The first kappa shape index (κ1) is 10.2. The van der Waals surface area contributed by atoms with Crippen molar-refractivity contribution >= 4 is 5.69 Å². The molecule has 0 fully saturated rings. The second kappa shape index (κ2) is 3.65. The van der Waals surface area contributed by atoms with E-state index in [1.54, 1.807) is 30.1 Å². The lowest BCUT2D eigenvalue weighted by atomic mass is 10.2. The molecule has 6 nitrogen and oxygen atoms in total. The average molecular weight is 219 g/mol. The highest BCUT2D eigenvalue weighted by Crippen LogP contribution is 2.30. The number of aryl methyl sites for hydroxylation is 1. The maximum atomic E-state index is 10.6. The van der Waals surface area contributed by atoms with Crippen molar-refractivity contribution in [3.05, 3.63) is 40.7 Å². The summed E-state index contributed by atoms with van der Waals surface area (Å²) in [4.78, 5) is 14.1. The van der Waals surface area contributed by atoms with Gasteiger partial charge < -0.3 is 9.67 Å². The van der Waals surface area contributed by atoms with Gasteiger partial charge in [0, 0.05) is 31.1 Å². The van der Waals surface area contributed by atoms with E-state index in [-0.39, 0.29) is 11.4 Å². The molecule has 82 valence electrons. The van der Waals surface area contributed by atoms with Gasteiger partial charge in [-0.1, -0.05) is 0 Å². The highest BCUT2D eigenvalue weighted by molar-refractivity contribution is 5.63. The number of phenolic OH excluding ortho intramolecular Hbond substituents is 1. The van der Waals surface area contributed by atoms with Gasteiger partial charge in [0.2, 0.25) is 0 Å². The van der Waals surface area contributed by atoms with Gasteiger partial charge in [-0.05, 0) is 12.1 Å². The summed E-state index contributed by atoms with van der Waals surface area (Å²) in [5.41, 5.74) is 0.275. The number of hydrogen-bond donors (Lipinski definition) is 1. The van der Waals surface area contributed by atoms with Gasteiger partial charge in [0.15, 0.2) is 5.75 Å². The fraction of sp³-hybridized carbons (Fsp3) is 0.100. The Kier molecular flexibility index (Phi) is 2.32. The van der Waals surface area contributed by atoms with E-state index < -0.39 is 4.92 Å². The van der Waals surface area contributed by atoms with Gasteiger partial charge in [0.25, 0.3) is 0 Å². The number of nitro groups is 1. The van der Waals surface area contributed by atoms with Gasteiger partial charge in [-0.15, -0.1) is 0 Å². The van der Waals surface area contributed by atoms with Crippen LogP contribution in [0.4, 0.5) is 5.69 Å². The molecule has 0 bridgehead atoms. The fourth-order valence-corrected chi connectivity index (χ4v) is 1.45. The summed E-state index contributed by atoms with van der Waals surface area (Å²) < 4.78 is 1.75. The van der Waals surface area contributed by atoms with Crippen LogP contribution in [0.2, 0.25) is 0 Å². The summed E-state index contributed by atoms with van der Waals surface area (Å²) in [6, 6.07) is 4.18. The summed E-state index contributed by atoms with van der Waals surface area (Å²) in [6.45, 7) is 0. The predicted molar refractivity (Wildman–Crippen MR) is 57.0 cm³/mol. The van der Waals surface area contributed by atoms with Crippen molar-refractivity contribution in [2.24, 2.45) is 7.05 Å². The maximum Gasteiger partial charge on any atom is 0.311 e. The molecule has 0 aliphatic carbocycles. The van der Waals surface area contributed by atoms with Gasteiger partial charge in [0.1, 0.15) is 5.82 Å². The quantitative estimate of drug-likeness (QED) is 0.615. The third-order valence-corrected chi connectivity index (χ3v) is 2.25. The van der Waals surface area contributed by atoms with Crippen molar-refractivity contribution in [1.29, 1.82) is 0 Å². The molecule has 0 atom stereocenters. The lowest BCUT2D eigenvalue weighted by molar-refractivity contribution is -0.385. The molecule has 16 heavy (non-hydrogen) atoms. The molecule has 0 aliphatic rings. The van der Waals surface area contributed by atoms with Crippen LogP contribution in [0.1, 0.15) is 0 Å². The number of benzene rings is 1. The van der Waals surface area contributed by atoms with Crippen LogP contribution in [0.3, 0.4) is 0 Å². The Labute approximate surface area is 90.9 Å². The largest absolute Gasteiger partial charge is 0.502 e. The Hall–Kier alpha value is -2.37. The predicted octanol–water partition coefficient (Wildman–Crippen LogP) is 1.70. The topological polar surface area (TPSA) is 81.2 Å². The number of imidazole rings is 1. The highest BCUT2D eigenvalue weighted by atomic mass is 16.6. The number of nitrogens with zero attached hydrogens (tertiary/aromatic N) is 3. The van der Waals surface area contributed by atoms with E-state index in [0.29, 0.717) is 11.4 Å². The van der Waals surface area contributed by atoms with Crippen LogP contribution in [0.15, 0.2) is 30.6 Å². The van der Waals surface area contributed by atoms with Gasteiger partial charge in [-0.2, -0.15) is 0 Å². The van der Waals surface area contributed by atoms with Crippen LogP contribution in [-0.4, -0.2) is 19.6 Å². The number of aromatic hydroxyl groups is 1. The third kappa shape index (κ3) is 1.60. The maximum absolute atomic E-state index is 10.6. The van der Waals surface area contributed by atoms with Crippen LogP contribution < -0.4 is 0 Å². The van der Waals surface area contributed by atoms with Crippen molar-refractivity contribution in [2.45, 2.75) is 0 Å². The molecule has 2 aromatic rings. The van der Waals surface area contributed by atoms with E-state index in [1.165, 1.54) is 12.1 Å². The number of aromatic nitrogens is 2. The van der Waals surface area contributed by atoms with Crippen molar-refractivity contribution in [2.75, 3.05) is 0 Å². The summed E-state index contributed by atoms with van der Waals surface area (Å²) in [5, 5.41) is 20.0. The van der Waals surface area contributed by atoms with E-state index in [2.05, 4.69) is 4.98 Å². The number of rotatable bonds is 2. The first-order valence-electron chi connectivity index (χ1n) is 4.54. The molecule has 1 aromatic heterocycles. The molecule has 0 aliphatic heterocycles. The number of phenols is 1. The van der Waals surface area contributed by atoms with Gasteiger partial charge in [-0.25, -0.2) is 4.98 Å². The molecule has 6 heteroatoms. The Bertz CT molecular complexity index is 548. The summed E-state index contributed by atoms with van der Waals surface area (Å²) in [7, 11) is 1.79. The second-order valence-electron chi connectivity index (χ2n) is 3.32. The molecule has 1 aromatic carbocycles. The second-order valence-corrected chi connectivity index (χ2v) is 3.32. The molecular formula is C10H9N3O3. The smallest absolute Gasteiger partial charge is 0.311 e. The molecule has 2 rings (SSSR count). The lowest BCUT2D eigenvalue weighted by Crippen LogP contribution is -1.93. The normalized spacial score (nSPS) is 10.3. The molecule has 0 spiro atoms. The number of nitro benzene ring substituents is 1. The zero-order valence-corrected chi connectivity index (χ0v) is 8.49.